The second kappa shape index (κ2) is 9.43. The molecule has 0 fully saturated rings. The highest BCUT2D eigenvalue weighted by Crippen LogP contribution is 2.61. The highest BCUT2D eigenvalue weighted by Gasteiger charge is 2.50. The van der Waals surface area contributed by atoms with Gasteiger partial charge < -0.3 is 14.0 Å². The van der Waals surface area contributed by atoms with Gasteiger partial charge in [0.05, 0.1) is 16.4 Å². The van der Waals surface area contributed by atoms with Crippen LogP contribution in [0.5, 0.6) is 23.0 Å². The van der Waals surface area contributed by atoms with Crippen molar-refractivity contribution in [2.24, 2.45) is 0 Å². The number of para-hydroxylation sites is 4. The molecule has 2 aliphatic heterocycles. The third-order valence-electron chi connectivity index (χ3n) is 9.63. The Morgan fingerprint density at radius 3 is 1.61 bits per heavy atom. The fourth-order valence-electron chi connectivity index (χ4n) is 7.72. The van der Waals surface area contributed by atoms with Gasteiger partial charge in [-0.3, -0.25) is 4.98 Å². The smallest absolute Gasteiger partial charge is 0.134 e. The molecule has 2 aromatic heterocycles. The largest absolute Gasteiger partial charge is 0.457 e. The van der Waals surface area contributed by atoms with Crippen molar-refractivity contribution in [1.29, 1.82) is 0 Å². The first kappa shape index (κ1) is 25.2. The van der Waals surface area contributed by atoms with Gasteiger partial charge in [-0.2, -0.15) is 0 Å². The van der Waals surface area contributed by atoms with Crippen molar-refractivity contribution in [1.82, 2.24) is 9.55 Å². The first-order valence-corrected chi connectivity index (χ1v) is 15.5. The summed E-state index contributed by atoms with van der Waals surface area (Å²) in [7, 11) is 0. The number of benzene rings is 6. The summed E-state index contributed by atoms with van der Waals surface area (Å²) in [5.74, 6) is 3.35. The molecule has 0 saturated heterocycles. The van der Waals surface area contributed by atoms with E-state index in [0.29, 0.717) is 0 Å². The Labute approximate surface area is 265 Å². The molecule has 216 valence electrons. The molecule has 0 N–H and O–H groups in total. The van der Waals surface area contributed by atoms with Gasteiger partial charge in [0.1, 0.15) is 23.0 Å². The van der Waals surface area contributed by atoms with E-state index in [9.17, 15) is 0 Å². The summed E-state index contributed by atoms with van der Waals surface area (Å²) < 4.78 is 15.9. The van der Waals surface area contributed by atoms with Gasteiger partial charge in [0.15, 0.2) is 0 Å². The van der Waals surface area contributed by atoms with E-state index in [-0.39, 0.29) is 0 Å². The molecule has 2 aliphatic rings. The number of ether oxygens (including phenoxy) is 2. The van der Waals surface area contributed by atoms with Gasteiger partial charge in [-0.15, -0.1) is 0 Å². The van der Waals surface area contributed by atoms with Crippen molar-refractivity contribution < 1.29 is 9.47 Å². The predicted octanol–water partition coefficient (Wildman–Crippen LogP) is 10.4. The molecule has 6 aromatic carbocycles. The Balaban J connectivity index is 1.27. The third kappa shape index (κ3) is 3.36. The van der Waals surface area contributed by atoms with E-state index in [0.717, 1.165) is 62.1 Å². The molecule has 4 heteroatoms. The van der Waals surface area contributed by atoms with E-state index in [1.54, 1.807) is 0 Å². The van der Waals surface area contributed by atoms with E-state index in [2.05, 4.69) is 131 Å². The van der Waals surface area contributed by atoms with Gasteiger partial charge in [-0.25, -0.2) is 0 Å². The van der Waals surface area contributed by atoms with Crippen molar-refractivity contribution in [3.05, 3.63) is 180 Å². The van der Waals surface area contributed by atoms with E-state index in [1.165, 1.54) is 21.8 Å². The summed E-state index contributed by atoms with van der Waals surface area (Å²) in [6.07, 6.45) is 3.65. The summed E-state index contributed by atoms with van der Waals surface area (Å²) in [5.41, 5.74) is 9.29. The van der Waals surface area contributed by atoms with Crippen LogP contribution < -0.4 is 9.47 Å². The van der Waals surface area contributed by atoms with Gasteiger partial charge >= 0.3 is 0 Å². The standard InChI is InChI=1S/C42H26N2O2/c1-5-13-36-30(9-1)31-10-2-6-14-37(31)44(36)29-18-20-35-41(26-29)46-39-16-8-4-12-33(39)42(35)32-11-3-7-15-38(32)45-40-25-28(17-19-34(40)42)27-21-23-43-24-22-27/h1-26H. The number of rotatable bonds is 2. The van der Waals surface area contributed by atoms with Gasteiger partial charge in [0, 0.05) is 57.2 Å². The normalized spacial score (nSPS) is 15.8. The van der Waals surface area contributed by atoms with E-state index in [4.69, 9.17) is 9.47 Å². The number of pyridine rings is 1. The zero-order valence-electron chi connectivity index (χ0n) is 24.7. The minimum Gasteiger partial charge on any atom is -0.457 e. The fourth-order valence-corrected chi connectivity index (χ4v) is 7.72. The molecule has 0 bridgehead atoms. The lowest BCUT2D eigenvalue weighted by Crippen LogP contribution is -2.36. The maximum atomic E-state index is 6.83. The zero-order chi connectivity index (χ0) is 30.2. The second-order valence-corrected chi connectivity index (χ2v) is 11.9. The van der Waals surface area contributed by atoms with Crippen molar-refractivity contribution >= 4 is 21.8 Å². The van der Waals surface area contributed by atoms with Crippen LogP contribution in [0.25, 0.3) is 38.6 Å². The summed E-state index contributed by atoms with van der Waals surface area (Å²) >= 11 is 0. The Hall–Kier alpha value is -6.13. The van der Waals surface area contributed by atoms with E-state index in [1.807, 2.05) is 36.7 Å². The van der Waals surface area contributed by atoms with Crippen LogP contribution in [-0.4, -0.2) is 9.55 Å². The molecule has 4 heterocycles. The van der Waals surface area contributed by atoms with Crippen LogP contribution in [0, 0.1) is 0 Å². The Kier molecular flexibility index (Phi) is 5.17. The first-order chi connectivity index (χ1) is 22.8. The lowest BCUT2D eigenvalue weighted by atomic mass is 9.62. The van der Waals surface area contributed by atoms with Crippen LogP contribution in [0.3, 0.4) is 0 Å². The molecule has 46 heavy (non-hydrogen) atoms. The molecule has 1 atom stereocenters. The van der Waals surface area contributed by atoms with Crippen LogP contribution in [0.4, 0.5) is 0 Å². The molecule has 8 aromatic rings. The summed E-state index contributed by atoms with van der Waals surface area (Å²) in [5, 5.41) is 2.46. The zero-order valence-corrected chi connectivity index (χ0v) is 24.7. The Bertz CT molecular complexity index is 2430. The van der Waals surface area contributed by atoms with E-state index >= 15 is 0 Å². The SMILES string of the molecule is c1ccc2c(c1)Oc1cc(-c3ccncc3)ccc1C21c2ccccc2Oc2cc(-n3c4ccccc4c4ccccc43)ccc21. The number of fused-ring (bicyclic) bond motifs is 11. The van der Waals surface area contributed by atoms with Crippen LogP contribution in [0.15, 0.2) is 158 Å². The monoisotopic (exact) mass is 590 g/mol. The molecule has 0 radical (unpaired) electrons. The lowest BCUT2D eigenvalue weighted by Gasteiger charge is -2.45. The minimum absolute atomic E-state index is 0.648. The van der Waals surface area contributed by atoms with Gasteiger partial charge in [0.25, 0.3) is 0 Å². The fraction of sp³-hybridized carbons (Fsp3) is 0.0238. The number of nitrogens with zero attached hydrogens (tertiary/aromatic N) is 2. The minimum atomic E-state index is -0.648. The highest BCUT2D eigenvalue weighted by molar-refractivity contribution is 6.09. The molecular weight excluding hydrogens is 564 g/mol. The molecule has 1 spiro atoms. The maximum Gasteiger partial charge on any atom is 0.134 e. The van der Waals surface area contributed by atoms with E-state index < -0.39 is 5.41 Å². The maximum absolute atomic E-state index is 6.83. The molecule has 0 saturated carbocycles. The molecule has 4 nitrogen and oxygen atoms in total. The molecular formula is C42H26N2O2. The average molecular weight is 591 g/mol. The number of hydrogen-bond donors (Lipinski definition) is 0. The van der Waals surface area contributed by atoms with Crippen molar-refractivity contribution in [2.75, 3.05) is 0 Å². The van der Waals surface area contributed by atoms with Gasteiger partial charge in [-0.05, 0) is 59.7 Å². The van der Waals surface area contributed by atoms with Crippen molar-refractivity contribution in [2.45, 2.75) is 5.41 Å². The van der Waals surface area contributed by atoms with Gasteiger partial charge in [-0.1, -0.05) is 91.0 Å². The van der Waals surface area contributed by atoms with Crippen LogP contribution in [0.2, 0.25) is 0 Å². The lowest BCUT2D eigenvalue weighted by molar-refractivity contribution is 0.399. The van der Waals surface area contributed by atoms with Crippen LogP contribution in [0.1, 0.15) is 22.3 Å². The molecule has 1 unspecified atom stereocenters. The Morgan fingerprint density at radius 1 is 0.435 bits per heavy atom. The summed E-state index contributed by atoms with van der Waals surface area (Å²) in [4.78, 5) is 4.22. The van der Waals surface area contributed by atoms with Gasteiger partial charge in [0.2, 0.25) is 0 Å². The predicted molar refractivity (Wildman–Crippen MR) is 182 cm³/mol. The quantitative estimate of drug-likeness (QED) is 0.201. The molecule has 0 amide bonds. The highest BCUT2D eigenvalue weighted by atomic mass is 16.5. The number of hydrogen-bond acceptors (Lipinski definition) is 3. The third-order valence-corrected chi connectivity index (χ3v) is 9.63. The van der Waals surface area contributed by atoms with Crippen molar-refractivity contribution in [3.8, 4) is 39.8 Å². The van der Waals surface area contributed by atoms with Crippen LogP contribution in [-0.2, 0) is 5.41 Å². The molecule has 10 rings (SSSR count). The first-order valence-electron chi connectivity index (χ1n) is 15.5. The number of aromatic nitrogens is 2. The second-order valence-electron chi connectivity index (χ2n) is 11.9. The topological polar surface area (TPSA) is 36.3 Å². The average Bonchev–Trinajstić information content (AvgIpc) is 3.46. The Morgan fingerprint density at radius 2 is 0.957 bits per heavy atom. The summed E-state index contributed by atoms with van der Waals surface area (Å²) in [6.45, 7) is 0. The molecule has 0 aliphatic carbocycles. The van der Waals surface area contributed by atoms with Crippen LogP contribution >= 0.6 is 0 Å². The summed E-state index contributed by atoms with van der Waals surface area (Å²) in [6, 6.07) is 51.4. The van der Waals surface area contributed by atoms with Crippen molar-refractivity contribution in [3.63, 3.8) is 0 Å².